The molecular formula is C15H17NO4S. The van der Waals surface area contributed by atoms with Gasteiger partial charge in [0.1, 0.15) is 0 Å². The number of rotatable bonds is 3. The molecule has 0 unspecified atom stereocenters. The normalized spacial score (nSPS) is 11.9. The molecule has 0 aliphatic carbocycles. The maximum absolute atomic E-state index is 12.0. The highest BCUT2D eigenvalue weighted by molar-refractivity contribution is 7.85. The van der Waals surface area contributed by atoms with Crippen molar-refractivity contribution in [1.29, 1.82) is 0 Å². The Morgan fingerprint density at radius 2 is 1.86 bits per heavy atom. The second-order valence-corrected chi connectivity index (χ2v) is 6.70. The van der Waals surface area contributed by atoms with Crippen LogP contribution in [-0.2, 0) is 10.1 Å². The van der Waals surface area contributed by atoms with Crippen LogP contribution in [0.5, 0.6) is 0 Å². The molecule has 1 amide bonds. The predicted molar refractivity (Wildman–Crippen MR) is 81.1 cm³/mol. The Morgan fingerprint density at radius 1 is 1.19 bits per heavy atom. The second kappa shape index (κ2) is 5.46. The van der Waals surface area contributed by atoms with E-state index in [1.54, 1.807) is 25.1 Å². The fourth-order valence-corrected chi connectivity index (χ4v) is 2.75. The first-order chi connectivity index (χ1) is 9.68. The molecule has 0 radical (unpaired) electrons. The summed E-state index contributed by atoms with van der Waals surface area (Å²) in [6, 6.07) is 7.84. The van der Waals surface area contributed by atoms with E-state index in [1.165, 1.54) is 12.1 Å². The number of carbonyl (C=O) groups is 1. The van der Waals surface area contributed by atoms with Crippen molar-refractivity contribution in [3.63, 3.8) is 0 Å². The van der Waals surface area contributed by atoms with Gasteiger partial charge in [-0.25, -0.2) is 0 Å². The molecule has 2 N–H and O–H groups in total. The summed E-state index contributed by atoms with van der Waals surface area (Å²) in [6.45, 7) is 5.49. The molecule has 0 bridgehead atoms. The molecule has 2 aromatic carbocycles. The number of hydrogen-bond acceptors (Lipinski definition) is 3. The number of benzene rings is 2. The summed E-state index contributed by atoms with van der Waals surface area (Å²) in [6.07, 6.45) is 0. The molecule has 112 valence electrons. The molecule has 0 atom stereocenters. The van der Waals surface area contributed by atoms with Gasteiger partial charge in [-0.1, -0.05) is 6.07 Å². The summed E-state index contributed by atoms with van der Waals surface area (Å²) in [5.41, 5.74) is 1.19. The zero-order chi connectivity index (χ0) is 15.8. The van der Waals surface area contributed by atoms with Gasteiger partial charge in [-0.05, 0) is 61.4 Å². The Hall–Kier alpha value is -1.92. The number of nitrogens with one attached hydrogen (secondary N) is 1. The van der Waals surface area contributed by atoms with E-state index in [0.717, 1.165) is 5.39 Å². The fourth-order valence-electron chi connectivity index (χ4n) is 2.15. The van der Waals surface area contributed by atoms with Gasteiger partial charge < -0.3 is 5.32 Å². The molecule has 6 heteroatoms. The summed E-state index contributed by atoms with van der Waals surface area (Å²) in [7, 11) is -4.24. The highest BCUT2D eigenvalue weighted by Gasteiger charge is 2.13. The van der Waals surface area contributed by atoms with Crippen LogP contribution in [0.3, 0.4) is 0 Å². The maximum Gasteiger partial charge on any atom is 0.294 e. The summed E-state index contributed by atoms with van der Waals surface area (Å²) >= 11 is 0. The van der Waals surface area contributed by atoms with Crippen LogP contribution >= 0.6 is 0 Å². The van der Waals surface area contributed by atoms with Gasteiger partial charge in [0.2, 0.25) is 0 Å². The lowest BCUT2D eigenvalue weighted by Crippen LogP contribution is -2.29. The lowest BCUT2D eigenvalue weighted by atomic mass is 10.0. The largest absolute Gasteiger partial charge is 0.350 e. The van der Waals surface area contributed by atoms with Crippen molar-refractivity contribution in [2.24, 2.45) is 0 Å². The predicted octanol–water partition coefficient (Wildman–Crippen LogP) is 2.53. The van der Waals surface area contributed by atoms with Crippen molar-refractivity contribution in [2.75, 3.05) is 0 Å². The van der Waals surface area contributed by atoms with Crippen LogP contribution in [0, 0.1) is 6.92 Å². The SMILES string of the molecule is Cc1cc(S(=O)(=O)O)cc2ccc(C(=O)NC(C)C)cc12. The number of amides is 1. The van der Waals surface area contributed by atoms with Crippen LogP contribution in [0.25, 0.3) is 10.8 Å². The molecule has 0 saturated heterocycles. The highest BCUT2D eigenvalue weighted by atomic mass is 32.2. The van der Waals surface area contributed by atoms with Crippen LogP contribution in [0.4, 0.5) is 0 Å². The van der Waals surface area contributed by atoms with Gasteiger partial charge in [0.15, 0.2) is 0 Å². The molecule has 0 heterocycles. The minimum atomic E-state index is -4.24. The molecule has 5 nitrogen and oxygen atoms in total. The van der Waals surface area contributed by atoms with E-state index in [-0.39, 0.29) is 16.8 Å². The highest BCUT2D eigenvalue weighted by Crippen LogP contribution is 2.24. The Bertz CT molecular complexity index is 810. The first kappa shape index (κ1) is 15.5. The van der Waals surface area contributed by atoms with Crippen LogP contribution in [-0.4, -0.2) is 24.9 Å². The van der Waals surface area contributed by atoms with E-state index in [2.05, 4.69) is 5.32 Å². The van der Waals surface area contributed by atoms with Crippen molar-refractivity contribution in [3.8, 4) is 0 Å². The number of fused-ring (bicyclic) bond motifs is 1. The molecular weight excluding hydrogens is 290 g/mol. The zero-order valence-corrected chi connectivity index (χ0v) is 12.9. The van der Waals surface area contributed by atoms with E-state index in [4.69, 9.17) is 4.55 Å². The van der Waals surface area contributed by atoms with Gasteiger partial charge in [-0.3, -0.25) is 9.35 Å². The van der Waals surface area contributed by atoms with Crippen molar-refractivity contribution in [1.82, 2.24) is 5.32 Å². The Kier molecular flexibility index (Phi) is 4.02. The van der Waals surface area contributed by atoms with Crippen molar-refractivity contribution in [2.45, 2.75) is 31.7 Å². The number of aryl methyl sites for hydroxylation is 1. The van der Waals surface area contributed by atoms with Gasteiger partial charge in [0.05, 0.1) is 4.90 Å². The number of hydrogen-bond donors (Lipinski definition) is 2. The fraction of sp³-hybridized carbons (Fsp3) is 0.267. The van der Waals surface area contributed by atoms with E-state index >= 15 is 0 Å². The average Bonchev–Trinajstić information content (AvgIpc) is 2.36. The third kappa shape index (κ3) is 3.40. The van der Waals surface area contributed by atoms with Crippen molar-refractivity contribution in [3.05, 3.63) is 41.5 Å². The molecule has 21 heavy (non-hydrogen) atoms. The first-order valence-electron chi connectivity index (χ1n) is 6.51. The summed E-state index contributed by atoms with van der Waals surface area (Å²) in [4.78, 5) is 11.8. The number of carbonyl (C=O) groups excluding carboxylic acids is 1. The molecule has 0 aliphatic heterocycles. The molecule has 0 spiro atoms. The maximum atomic E-state index is 12.0. The lowest BCUT2D eigenvalue weighted by molar-refractivity contribution is 0.0943. The standard InChI is InChI=1S/C15H17NO4S/c1-9(2)16-15(17)12-5-4-11-7-13(21(18,19)20)6-10(3)14(11)8-12/h4-9H,1-3H3,(H,16,17)(H,18,19,20). The molecule has 0 saturated carbocycles. The minimum Gasteiger partial charge on any atom is -0.350 e. The van der Waals surface area contributed by atoms with Gasteiger partial charge in [0, 0.05) is 11.6 Å². The third-order valence-electron chi connectivity index (χ3n) is 3.11. The van der Waals surface area contributed by atoms with Crippen molar-refractivity contribution < 1.29 is 17.8 Å². The first-order valence-corrected chi connectivity index (χ1v) is 7.95. The average molecular weight is 307 g/mol. The monoisotopic (exact) mass is 307 g/mol. The topological polar surface area (TPSA) is 83.5 Å². The van der Waals surface area contributed by atoms with Gasteiger partial charge in [-0.2, -0.15) is 8.42 Å². The van der Waals surface area contributed by atoms with Gasteiger partial charge >= 0.3 is 0 Å². The van der Waals surface area contributed by atoms with Crippen LogP contribution in [0.1, 0.15) is 29.8 Å². The quantitative estimate of drug-likeness (QED) is 0.854. The van der Waals surface area contributed by atoms with Crippen LogP contribution in [0.2, 0.25) is 0 Å². The van der Waals surface area contributed by atoms with E-state index < -0.39 is 10.1 Å². The van der Waals surface area contributed by atoms with Crippen LogP contribution < -0.4 is 5.32 Å². The Balaban J connectivity index is 2.55. The van der Waals surface area contributed by atoms with Crippen molar-refractivity contribution >= 4 is 26.8 Å². The molecule has 0 aromatic heterocycles. The van der Waals surface area contributed by atoms with E-state index in [1.807, 2.05) is 13.8 Å². The summed E-state index contributed by atoms with van der Waals surface area (Å²) < 4.78 is 31.6. The zero-order valence-electron chi connectivity index (χ0n) is 12.0. The Morgan fingerprint density at radius 3 is 2.43 bits per heavy atom. The van der Waals surface area contributed by atoms with Gasteiger partial charge in [-0.15, -0.1) is 0 Å². The molecule has 0 aliphatic rings. The smallest absolute Gasteiger partial charge is 0.294 e. The van der Waals surface area contributed by atoms with Gasteiger partial charge in [0.25, 0.3) is 16.0 Å². The van der Waals surface area contributed by atoms with Crippen LogP contribution in [0.15, 0.2) is 35.2 Å². The Labute approximate surface area is 123 Å². The van der Waals surface area contributed by atoms with E-state index in [9.17, 15) is 13.2 Å². The molecule has 2 aromatic rings. The summed E-state index contributed by atoms with van der Waals surface area (Å²) in [5, 5.41) is 4.24. The lowest BCUT2D eigenvalue weighted by Gasteiger charge is -2.10. The minimum absolute atomic E-state index is 0.0381. The van der Waals surface area contributed by atoms with E-state index in [0.29, 0.717) is 16.5 Å². The molecule has 2 rings (SSSR count). The second-order valence-electron chi connectivity index (χ2n) is 5.28. The summed E-state index contributed by atoms with van der Waals surface area (Å²) in [5.74, 6) is -0.176. The molecule has 0 fully saturated rings. The third-order valence-corrected chi connectivity index (χ3v) is 3.95.